The van der Waals surface area contributed by atoms with Crippen LogP contribution in [0.15, 0.2) is 18.2 Å². The Morgan fingerprint density at radius 1 is 1.17 bits per heavy atom. The van der Waals surface area contributed by atoms with E-state index in [9.17, 15) is 13.6 Å². The van der Waals surface area contributed by atoms with Gasteiger partial charge in [0.05, 0.1) is 0 Å². The molecule has 2 saturated carbocycles. The molecule has 130 valence electrons. The Hall–Kier alpha value is -1.49. The van der Waals surface area contributed by atoms with Crippen molar-refractivity contribution in [2.24, 2.45) is 11.8 Å². The van der Waals surface area contributed by atoms with Gasteiger partial charge in [-0.15, -0.1) is 0 Å². The predicted molar refractivity (Wildman–Crippen MR) is 87.5 cm³/mol. The zero-order chi connectivity index (χ0) is 16.7. The smallest absolute Gasteiger partial charge is 0.226 e. The van der Waals surface area contributed by atoms with Gasteiger partial charge in [0.2, 0.25) is 5.91 Å². The fourth-order valence-electron chi connectivity index (χ4n) is 3.81. The predicted octanol–water partition coefficient (Wildman–Crippen LogP) is 3.06. The van der Waals surface area contributed by atoms with Gasteiger partial charge in [-0.3, -0.25) is 4.79 Å². The molecule has 2 unspecified atom stereocenters. The monoisotopic (exact) mass is 334 g/mol. The summed E-state index contributed by atoms with van der Waals surface area (Å²) in [4.78, 5) is 14.5. The number of carbonyl (C=O) groups excluding carboxylic acids is 1. The molecular weight excluding hydrogens is 310 g/mol. The molecule has 5 heteroatoms. The number of likely N-dealkylation sites (tertiary alicyclic amines) is 1. The van der Waals surface area contributed by atoms with E-state index in [1.165, 1.54) is 25.0 Å². The number of hydrogen-bond donors (Lipinski definition) is 1. The summed E-state index contributed by atoms with van der Waals surface area (Å²) in [6.07, 6.45) is 5.39. The van der Waals surface area contributed by atoms with E-state index < -0.39 is 11.6 Å². The van der Waals surface area contributed by atoms with Gasteiger partial charge < -0.3 is 10.2 Å². The number of halogens is 2. The van der Waals surface area contributed by atoms with Gasteiger partial charge >= 0.3 is 0 Å². The first-order chi connectivity index (χ1) is 11.6. The van der Waals surface area contributed by atoms with Gasteiger partial charge in [-0.05, 0) is 62.1 Å². The van der Waals surface area contributed by atoms with Crippen LogP contribution in [0.5, 0.6) is 0 Å². The van der Waals surface area contributed by atoms with E-state index in [4.69, 9.17) is 0 Å². The summed E-state index contributed by atoms with van der Waals surface area (Å²) in [6.45, 7) is 2.69. The maximum atomic E-state index is 13.9. The third-order valence-electron chi connectivity index (χ3n) is 5.67. The molecule has 2 atom stereocenters. The average Bonchev–Trinajstić information content (AvgIpc) is 3.47. The molecule has 1 heterocycles. The van der Waals surface area contributed by atoms with Gasteiger partial charge in [-0.1, -0.05) is 6.07 Å². The van der Waals surface area contributed by atoms with Crippen molar-refractivity contribution in [3.8, 4) is 0 Å². The van der Waals surface area contributed by atoms with Crippen LogP contribution in [-0.2, 0) is 4.79 Å². The SMILES string of the molecule is O=C(C1CC1c1ccc(F)cc1F)N1CCC(NCC2CC2)CC1. The first kappa shape index (κ1) is 16.0. The van der Waals surface area contributed by atoms with Crippen LogP contribution in [0.25, 0.3) is 0 Å². The number of carbonyl (C=O) groups is 1. The van der Waals surface area contributed by atoms with E-state index in [0.717, 1.165) is 44.5 Å². The highest BCUT2D eigenvalue weighted by Gasteiger charge is 2.47. The topological polar surface area (TPSA) is 32.3 Å². The van der Waals surface area contributed by atoms with Gasteiger partial charge in [-0.2, -0.15) is 0 Å². The van der Waals surface area contributed by atoms with Crippen LogP contribution >= 0.6 is 0 Å². The summed E-state index contributed by atoms with van der Waals surface area (Å²) in [5, 5.41) is 3.61. The number of nitrogens with one attached hydrogen (secondary N) is 1. The van der Waals surface area contributed by atoms with Crippen LogP contribution < -0.4 is 5.32 Å². The summed E-state index contributed by atoms with van der Waals surface area (Å²) in [7, 11) is 0. The number of nitrogens with zero attached hydrogens (tertiary/aromatic N) is 1. The molecule has 3 fully saturated rings. The lowest BCUT2D eigenvalue weighted by Crippen LogP contribution is -2.46. The summed E-state index contributed by atoms with van der Waals surface area (Å²) >= 11 is 0. The van der Waals surface area contributed by atoms with Crippen LogP contribution in [0.3, 0.4) is 0 Å². The molecule has 4 rings (SSSR count). The number of benzene rings is 1. The lowest BCUT2D eigenvalue weighted by Gasteiger charge is -2.33. The molecule has 0 radical (unpaired) electrons. The molecule has 3 nitrogen and oxygen atoms in total. The van der Waals surface area contributed by atoms with E-state index in [1.54, 1.807) is 0 Å². The Morgan fingerprint density at radius 2 is 1.92 bits per heavy atom. The van der Waals surface area contributed by atoms with E-state index in [2.05, 4.69) is 5.32 Å². The van der Waals surface area contributed by atoms with Crippen LogP contribution in [0.2, 0.25) is 0 Å². The maximum Gasteiger partial charge on any atom is 0.226 e. The Kier molecular flexibility index (Phi) is 4.29. The second kappa shape index (κ2) is 6.43. The number of rotatable bonds is 5. The van der Waals surface area contributed by atoms with E-state index in [1.807, 2.05) is 4.90 Å². The van der Waals surface area contributed by atoms with Crippen LogP contribution in [0.1, 0.15) is 43.6 Å². The van der Waals surface area contributed by atoms with Gasteiger partial charge in [-0.25, -0.2) is 8.78 Å². The van der Waals surface area contributed by atoms with Crippen molar-refractivity contribution < 1.29 is 13.6 Å². The minimum Gasteiger partial charge on any atom is -0.342 e. The number of amides is 1. The molecule has 1 N–H and O–H groups in total. The molecule has 0 aromatic heterocycles. The summed E-state index contributed by atoms with van der Waals surface area (Å²) in [6, 6.07) is 4.19. The lowest BCUT2D eigenvalue weighted by atomic mass is 10.0. The highest BCUT2D eigenvalue weighted by Crippen LogP contribution is 2.49. The third-order valence-corrected chi connectivity index (χ3v) is 5.67. The molecule has 1 amide bonds. The second-order valence-electron chi connectivity index (χ2n) is 7.57. The minimum atomic E-state index is -0.569. The van der Waals surface area contributed by atoms with Crippen molar-refractivity contribution in [3.05, 3.63) is 35.4 Å². The van der Waals surface area contributed by atoms with Crippen molar-refractivity contribution in [1.29, 1.82) is 0 Å². The second-order valence-corrected chi connectivity index (χ2v) is 7.57. The molecule has 2 aliphatic carbocycles. The Bertz CT molecular complexity index is 624. The Balaban J connectivity index is 1.28. The molecule has 1 aromatic carbocycles. The molecule has 0 bridgehead atoms. The molecular formula is C19H24F2N2O. The summed E-state index contributed by atoms with van der Waals surface area (Å²) in [5.41, 5.74) is 0.482. The molecule has 1 saturated heterocycles. The van der Waals surface area contributed by atoms with Gasteiger partial charge in [0.1, 0.15) is 11.6 Å². The standard InChI is InChI=1S/C19H24F2N2O/c20-13-3-4-15(18(21)9-13)16-10-17(16)19(24)23-7-5-14(6-8-23)22-11-12-1-2-12/h3-4,9,12,14,16-17,22H,1-2,5-8,10-11H2. The first-order valence-electron chi connectivity index (χ1n) is 9.09. The van der Waals surface area contributed by atoms with Crippen LogP contribution in [0, 0.1) is 23.5 Å². The maximum absolute atomic E-state index is 13.9. The van der Waals surface area contributed by atoms with Crippen molar-refractivity contribution in [2.75, 3.05) is 19.6 Å². The van der Waals surface area contributed by atoms with E-state index >= 15 is 0 Å². The Morgan fingerprint density at radius 3 is 2.58 bits per heavy atom. The largest absolute Gasteiger partial charge is 0.342 e. The third kappa shape index (κ3) is 3.46. The van der Waals surface area contributed by atoms with Gasteiger partial charge in [0.25, 0.3) is 0 Å². The minimum absolute atomic E-state index is 0.0798. The zero-order valence-corrected chi connectivity index (χ0v) is 13.8. The van der Waals surface area contributed by atoms with Gasteiger partial charge in [0, 0.05) is 31.1 Å². The lowest BCUT2D eigenvalue weighted by molar-refractivity contribution is -0.133. The summed E-state index contributed by atoms with van der Waals surface area (Å²) in [5.74, 6) is -0.282. The average molecular weight is 334 g/mol. The van der Waals surface area contributed by atoms with Crippen LogP contribution in [-0.4, -0.2) is 36.5 Å². The van der Waals surface area contributed by atoms with Crippen molar-refractivity contribution in [2.45, 2.75) is 44.1 Å². The van der Waals surface area contributed by atoms with Crippen molar-refractivity contribution in [1.82, 2.24) is 10.2 Å². The number of hydrogen-bond acceptors (Lipinski definition) is 2. The quantitative estimate of drug-likeness (QED) is 0.898. The van der Waals surface area contributed by atoms with E-state index in [0.29, 0.717) is 18.0 Å². The highest BCUT2D eigenvalue weighted by atomic mass is 19.1. The molecule has 0 spiro atoms. The fourth-order valence-corrected chi connectivity index (χ4v) is 3.81. The molecule has 1 aliphatic heterocycles. The van der Waals surface area contributed by atoms with E-state index in [-0.39, 0.29) is 17.7 Å². The normalized spacial score (nSPS) is 27.3. The highest BCUT2D eigenvalue weighted by molar-refractivity contribution is 5.83. The number of piperidine rings is 1. The Labute approximate surface area is 141 Å². The van der Waals surface area contributed by atoms with Gasteiger partial charge in [0.15, 0.2) is 0 Å². The molecule has 3 aliphatic rings. The fraction of sp³-hybridized carbons (Fsp3) is 0.632. The van der Waals surface area contributed by atoms with Crippen LogP contribution in [0.4, 0.5) is 8.78 Å². The summed E-state index contributed by atoms with van der Waals surface area (Å²) < 4.78 is 26.9. The molecule has 1 aromatic rings. The van der Waals surface area contributed by atoms with Crippen molar-refractivity contribution in [3.63, 3.8) is 0 Å². The van der Waals surface area contributed by atoms with Crippen molar-refractivity contribution >= 4 is 5.91 Å². The zero-order valence-electron chi connectivity index (χ0n) is 13.8. The molecule has 24 heavy (non-hydrogen) atoms. The first-order valence-corrected chi connectivity index (χ1v) is 9.09.